The van der Waals surface area contributed by atoms with E-state index >= 15 is 0 Å². The van der Waals surface area contributed by atoms with Crippen LogP contribution in [0, 0.1) is 6.92 Å². The number of piperazine rings is 1. The Morgan fingerprint density at radius 3 is 2.40 bits per heavy atom. The maximum absolute atomic E-state index is 12.3. The zero-order valence-corrected chi connectivity index (χ0v) is 15.2. The molecule has 0 atom stereocenters. The van der Waals surface area contributed by atoms with Crippen LogP contribution in [0.1, 0.15) is 11.1 Å². The molecular formula is C20H23ClN2O2. The molecule has 5 heteroatoms. The number of benzene rings is 2. The van der Waals surface area contributed by atoms with Gasteiger partial charge in [0, 0.05) is 37.7 Å². The van der Waals surface area contributed by atoms with Crippen molar-refractivity contribution in [3.63, 3.8) is 0 Å². The molecule has 0 aromatic heterocycles. The van der Waals surface area contributed by atoms with Gasteiger partial charge in [-0.05, 0) is 30.7 Å². The number of amides is 1. The number of hydrogen-bond donors (Lipinski definition) is 0. The lowest BCUT2D eigenvalue weighted by atomic mass is 10.2. The number of ether oxygens (including phenoxy) is 1. The van der Waals surface area contributed by atoms with Gasteiger partial charge in [-0.3, -0.25) is 9.69 Å². The number of aryl methyl sites for hydroxylation is 1. The van der Waals surface area contributed by atoms with Crippen molar-refractivity contribution in [1.29, 1.82) is 0 Å². The SMILES string of the molecule is Cc1ccc(OCC(=O)N2CCN(Cc3ccccc3Cl)CC2)cc1. The third-order valence-electron chi connectivity index (χ3n) is 4.46. The summed E-state index contributed by atoms with van der Waals surface area (Å²) in [7, 11) is 0. The van der Waals surface area contributed by atoms with E-state index in [9.17, 15) is 4.79 Å². The largest absolute Gasteiger partial charge is 0.484 e. The van der Waals surface area contributed by atoms with Crippen LogP contribution >= 0.6 is 11.6 Å². The molecule has 0 aliphatic carbocycles. The first-order valence-electron chi connectivity index (χ1n) is 8.55. The van der Waals surface area contributed by atoms with Crippen LogP contribution < -0.4 is 4.74 Å². The fourth-order valence-corrected chi connectivity index (χ4v) is 3.09. The molecule has 0 spiro atoms. The van der Waals surface area contributed by atoms with Crippen molar-refractivity contribution in [1.82, 2.24) is 9.80 Å². The van der Waals surface area contributed by atoms with Crippen LogP contribution in [0.5, 0.6) is 5.75 Å². The van der Waals surface area contributed by atoms with Crippen LogP contribution in [0.4, 0.5) is 0 Å². The van der Waals surface area contributed by atoms with Gasteiger partial charge in [0.15, 0.2) is 6.61 Å². The van der Waals surface area contributed by atoms with Crippen LogP contribution in [0.2, 0.25) is 5.02 Å². The summed E-state index contributed by atoms with van der Waals surface area (Å²) in [5.74, 6) is 0.772. The van der Waals surface area contributed by atoms with Gasteiger partial charge in [0.1, 0.15) is 5.75 Å². The van der Waals surface area contributed by atoms with Crippen molar-refractivity contribution in [3.8, 4) is 5.75 Å². The number of rotatable bonds is 5. The Morgan fingerprint density at radius 1 is 1.04 bits per heavy atom. The summed E-state index contributed by atoms with van der Waals surface area (Å²) in [6, 6.07) is 15.7. The van der Waals surface area contributed by atoms with Crippen molar-refractivity contribution in [2.75, 3.05) is 32.8 Å². The highest BCUT2D eigenvalue weighted by atomic mass is 35.5. The molecule has 132 valence electrons. The van der Waals surface area contributed by atoms with Crippen LogP contribution in [0.3, 0.4) is 0 Å². The standard InChI is InChI=1S/C20H23ClN2O2/c1-16-6-8-18(9-7-16)25-15-20(24)23-12-10-22(11-13-23)14-17-4-2-3-5-19(17)21/h2-9H,10-15H2,1H3. The predicted octanol–water partition coefficient (Wildman–Crippen LogP) is 3.37. The Hall–Kier alpha value is -2.04. The monoisotopic (exact) mass is 358 g/mol. The third-order valence-corrected chi connectivity index (χ3v) is 4.83. The number of carbonyl (C=O) groups is 1. The number of nitrogens with zero attached hydrogens (tertiary/aromatic N) is 2. The first-order valence-corrected chi connectivity index (χ1v) is 8.92. The van der Waals surface area contributed by atoms with E-state index in [0.29, 0.717) is 0 Å². The Morgan fingerprint density at radius 2 is 1.72 bits per heavy atom. The van der Waals surface area contributed by atoms with Gasteiger partial charge >= 0.3 is 0 Å². The molecule has 1 amide bonds. The molecule has 0 saturated carbocycles. The van der Waals surface area contributed by atoms with Crippen LogP contribution in [0.25, 0.3) is 0 Å². The first kappa shape index (κ1) is 17.8. The summed E-state index contributed by atoms with van der Waals surface area (Å²) < 4.78 is 5.59. The molecule has 1 aliphatic heterocycles. The average Bonchev–Trinajstić information content (AvgIpc) is 2.63. The molecule has 1 fully saturated rings. The lowest BCUT2D eigenvalue weighted by molar-refractivity contribution is -0.135. The van der Waals surface area contributed by atoms with Gasteiger partial charge in [-0.15, -0.1) is 0 Å². The Labute approximate surface area is 154 Å². The number of carbonyl (C=O) groups excluding carboxylic acids is 1. The van der Waals surface area contributed by atoms with E-state index in [1.165, 1.54) is 5.56 Å². The molecule has 1 heterocycles. The number of hydrogen-bond acceptors (Lipinski definition) is 3. The molecule has 1 aliphatic rings. The smallest absolute Gasteiger partial charge is 0.260 e. The van der Waals surface area contributed by atoms with Crippen molar-refractivity contribution >= 4 is 17.5 Å². The molecule has 2 aromatic carbocycles. The lowest BCUT2D eigenvalue weighted by Crippen LogP contribution is -2.49. The number of halogens is 1. The second-order valence-corrected chi connectivity index (χ2v) is 6.76. The van der Waals surface area contributed by atoms with Gasteiger partial charge in [0.2, 0.25) is 0 Å². The van der Waals surface area contributed by atoms with Crippen LogP contribution in [0.15, 0.2) is 48.5 Å². The van der Waals surface area contributed by atoms with Gasteiger partial charge < -0.3 is 9.64 Å². The van der Waals surface area contributed by atoms with Gasteiger partial charge in [0.05, 0.1) is 0 Å². The maximum Gasteiger partial charge on any atom is 0.260 e. The van der Waals surface area contributed by atoms with E-state index in [-0.39, 0.29) is 12.5 Å². The Bertz CT molecular complexity index is 710. The van der Waals surface area contributed by atoms with Crippen molar-refractivity contribution in [2.24, 2.45) is 0 Å². The molecule has 0 N–H and O–H groups in total. The Balaban J connectivity index is 1.44. The lowest BCUT2D eigenvalue weighted by Gasteiger charge is -2.34. The minimum Gasteiger partial charge on any atom is -0.484 e. The second kappa shape index (κ2) is 8.37. The molecule has 1 saturated heterocycles. The average molecular weight is 359 g/mol. The third kappa shape index (κ3) is 4.97. The zero-order valence-electron chi connectivity index (χ0n) is 14.5. The minimum absolute atomic E-state index is 0.0398. The zero-order chi connectivity index (χ0) is 17.6. The highest BCUT2D eigenvalue weighted by Crippen LogP contribution is 2.18. The summed E-state index contributed by atoms with van der Waals surface area (Å²) in [6.07, 6.45) is 0. The van der Waals surface area contributed by atoms with E-state index in [4.69, 9.17) is 16.3 Å². The maximum atomic E-state index is 12.3. The molecule has 4 nitrogen and oxygen atoms in total. The molecular weight excluding hydrogens is 336 g/mol. The van der Waals surface area contributed by atoms with Crippen molar-refractivity contribution < 1.29 is 9.53 Å². The van der Waals surface area contributed by atoms with Crippen LogP contribution in [-0.4, -0.2) is 48.5 Å². The van der Waals surface area contributed by atoms with Gasteiger partial charge in [-0.2, -0.15) is 0 Å². The molecule has 0 unspecified atom stereocenters. The van der Waals surface area contributed by atoms with E-state index < -0.39 is 0 Å². The van der Waals surface area contributed by atoms with Crippen LogP contribution in [-0.2, 0) is 11.3 Å². The fraction of sp³-hybridized carbons (Fsp3) is 0.350. The highest BCUT2D eigenvalue weighted by molar-refractivity contribution is 6.31. The second-order valence-electron chi connectivity index (χ2n) is 6.35. The van der Waals surface area contributed by atoms with E-state index in [0.717, 1.165) is 49.1 Å². The molecule has 2 aromatic rings. The molecule has 25 heavy (non-hydrogen) atoms. The summed E-state index contributed by atoms with van der Waals surface area (Å²) in [5.41, 5.74) is 2.31. The fourth-order valence-electron chi connectivity index (χ4n) is 2.89. The summed E-state index contributed by atoms with van der Waals surface area (Å²) >= 11 is 6.22. The summed E-state index contributed by atoms with van der Waals surface area (Å²) in [4.78, 5) is 16.5. The topological polar surface area (TPSA) is 32.8 Å². The van der Waals surface area contributed by atoms with Gasteiger partial charge in [0.25, 0.3) is 5.91 Å². The minimum atomic E-state index is 0.0398. The van der Waals surface area contributed by atoms with E-state index in [2.05, 4.69) is 11.0 Å². The predicted molar refractivity (Wildman–Crippen MR) is 100.0 cm³/mol. The van der Waals surface area contributed by atoms with E-state index in [1.54, 1.807) is 0 Å². The van der Waals surface area contributed by atoms with Crippen molar-refractivity contribution in [2.45, 2.75) is 13.5 Å². The highest BCUT2D eigenvalue weighted by Gasteiger charge is 2.21. The van der Waals surface area contributed by atoms with Crippen molar-refractivity contribution in [3.05, 3.63) is 64.7 Å². The van der Waals surface area contributed by atoms with Gasteiger partial charge in [-0.1, -0.05) is 47.5 Å². The van der Waals surface area contributed by atoms with Gasteiger partial charge in [-0.25, -0.2) is 0 Å². The molecule has 0 bridgehead atoms. The first-order chi connectivity index (χ1) is 12.1. The molecule has 0 radical (unpaired) electrons. The summed E-state index contributed by atoms with van der Waals surface area (Å²) in [6.45, 7) is 6.08. The molecule has 3 rings (SSSR count). The Kier molecular flexibility index (Phi) is 5.95. The normalized spacial score (nSPS) is 15.2. The van der Waals surface area contributed by atoms with E-state index in [1.807, 2.05) is 54.3 Å². The summed E-state index contributed by atoms with van der Waals surface area (Å²) in [5, 5.41) is 0.799. The quantitative estimate of drug-likeness (QED) is 0.821.